The van der Waals surface area contributed by atoms with Gasteiger partial charge in [0, 0.05) is 7.05 Å². The van der Waals surface area contributed by atoms with Gasteiger partial charge in [0.25, 0.3) is 0 Å². The molecule has 1 aromatic rings. The van der Waals surface area contributed by atoms with Crippen molar-refractivity contribution in [2.75, 3.05) is 20.7 Å². The molecule has 0 aromatic heterocycles. The SMILES string of the molecule is COC(=O)CN(C)S(=O)(=O)c1cccc(F)c1. The van der Waals surface area contributed by atoms with Crippen molar-refractivity contribution in [1.29, 1.82) is 0 Å². The molecule has 0 fully saturated rings. The molecule has 7 heteroatoms. The third-order valence-electron chi connectivity index (χ3n) is 2.08. The van der Waals surface area contributed by atoms with Gasteiger partial charge in [-0.15, -0.1) is 0 Å². The van der Waals surface area contributed by atoms with Gasteiger partial charge in [-0.1, -0.05) is 6.07 Å². The van der Waals surface area contributed by atoms with Crippen LogP contribution in [0.4, 0.5) is 4.39 Å². The highest BCUT2D eigenvalue weighted by Gasteiger charge is 2.23. The Morgan fingerprint density at radius 3 is 2.65 bits per heavy atom. The molecular weight excluding hydrogens is 249 g/mol. The maximum Gasteiger partial charge on any atom is 0.321 e. The molecule has 0 saturated heterocycles. The van der Waals surface area contributed by atoms with Gasteiger partial charge in [-0.3, -0.25) is 4.79 Å². The fourth-order valence-corrected chi connectivity index (χ4v) is 2.29. The number of rotatable bonds is 4. The molecule has 0 unspecified atom stereocenters. The Hall–Kier alpha value is -1.47. The molecule has 0 heterocycles. The Balaban J connectivity index is 2.99. The zero-order valence-electron chi connectivity index (χ0n) is 9.38. The topological polar surface area (TPSA) is 63.7 Å². The lowest BCUT2D eigenvalue weighted by atomic mass is 10.4. The molecule has 0 aliphatic heterocycles. The standard InChI is InChI=1S/C10H12FNO4S/c1-12(7-10(13)16-2)17(14,15)9-5-3-4-8(11)6-9/h3-6H,7H2,1-2H3. The van der Waals surface area contributed by atoms with Gasteiger partial charge in [-0.25, -0.2) is 12.8 Å². The second-order valence-electron chi connectivity index (χ2n) is 3.29. The van der Waals surface area contributed by atoms with Crippen molar-refractivity contribution in [2.24, 2.45) is 0 Å². The Morgan fingerprint density at radius 2 is 2.12 bits per heavy atom. The van der Waals surface area contributed by atoms with Crippen molar-refractivity contribution >= 4 is 16.0 Å². The van der Waals surface area contributed by atoms with Crippen LogP contribution in [-0.2, 0) is 19.6 Å². The first-order valence-electron chi connectivity index (χ1n) is 4.66. The van der Waals surface area contributed by atoms with Gasteiger partial charge in [0.2, 0.25) is 10.0 Å². The first kappa shape index (κ1) is 13.6. The molecule has 0 aliphatic carbocycles. The van der Waals surface area contributed by atoms with Crippen LogP contribution in [-0.4, -0.2) is 39.4 Å². The number of nitrogens with zero attached hydrogens (tertiary/aromatic N) is 1. The largest absolute Gasteiger partial charge is 0.468 e. The number of esters is 1. The van der Waals surface area contributed by atoms with Crippen molar-refractivity contribution in [3.8, 4) is 0 Å². The summed E-state index contributed by atoms with van der Waals surface area (Å²) in [6.07, 6.45) is 0. The molecule has 5 nitrogen and oxygen atoms in total. The molecule has 0 saturated carbocycles. The Morgan fingerprint density at radius 1 is 1.47 bits per heavy atom. The molecule has 0 bridgehead atoms. The molecule has 0 spiro atoms. The van der Waals surface area contributed by atoms with Gasteiger partial charge >= 0.3 is 5.97 Å². The summed E-state index contributed by atoms with van der Waals surface area (Å²) < 4.78 is 41.8. The quantitative estimate of drug-likeness (QED) is 0.745. The lowest BCUT2D eigenvalue weighted by Crippen LogP contribution is -2.32. The van der Waals surface area contributed by atoms with E-state index in [2.05, 4.69) is 4.74 Å². The summed E-state index contributed by atoms with van der Waals surface area (Å²) in [5.41, 5.74) is 0. The van der Waals surface area contributed by atoms with Crippen LogP contribution >= 0.6 is 0 Å². The molecule has 0 N–H and O–H groups in total. The smallest absolute Gasteiger partial charge is 0.321 e. The number of halogens is 1. The molecule has 0 radical (unpaired) electrons. The molecule has 0 aliphatic rings. The van der Waals surface area contributed by atoms with E-state index in [1.807, 2.05) is 0 Å². The van der Waals surface area contributed by atoms with E-state index in [4.69, 9.17) is 0 Å². The first-order chi connectivity index (χ1) is 7.87. The van der Waals surface area contributed by atoms with Crippen LogP contribution in [0.3, 0.4) is 0 Å². The Labute approximate surface area is 98.9 Å². The molecule has 0 amide bonds. The lowest BCUT2D eigenvalue weighted by Gasteiger charge is -2.15. The summed E-state index contributed by atoms with van der Waals surface area (Å²) in [5, 5.41) is 0. The van der Waals surface area contributed by atoms with E-state index in [9.17, 15) is 17.6 Å². The number of benzene rings is 1. The maximum atomic E-state index is 12.9. The van der Waals surface area contributed by atoms with Crippen LogP contribution in [0.15, 0.2) is 29.2 Å². The number of carbonyl (C=O) groups excluding carboxylic acids is 1. The van der Waals surface area contributed by atoms with Crippen LogP contribution < -0.4 is 0 Å². The van der Waals surface area contributed by atoms with E-state index in [-0.39, 0.29) is 4.90 Å². The number of hydrogen-bond donors (Lipinski definition) is 0. The second-order valence-corrected chi connectivity index (χ2v) is 5.34. The Kier molecular flexibility index (Phi) is 4.19. The molecular formula is C10H12FNO4S. The number of hydrogen-bond acceptors (Lipinski definition) is 4. The van der Waals surface area contributed by atoms with Gasteiger partial charge in [0.15, 0.2) is 0 Å². The summed E-state index contributed by atoms with van der Waals surface area (Å²) >= 11 is 0. The van der Waals surface area contributed by atoms with Crippen LogP contribution in [0.25, 0.3) is 0 Å². The minimum absolute atomic E-state index is 0.205. The lowest BCUT2D eigenvalue weighted by molar-refractivity contribution is -0.140. The normalized spacial score (nSPS) is 11.5. The fourth-order valence-electron chi connectivity index (χ4n) is 1.14. The van der Waals surface area contributed by atoms with E-state index < -0.39 is 28.4 Å². The number of carbonyl (C=O) groups is 1. The van der Waals surface area contributed by atoms with Gasteiger partial charge in [0.1, 0.15) is 12.4 Å². The van der Waals surface area contributed by atoms with Crippen molar-refractivity contribution < 1.29 is 22.3 Å². The number of likely N-dealkylation sites (N-methyl/N-ethyl adjacent to an activating group) is 1. The van der Waals surface area contributed by atoms with Crippen molar-refractivity contribution in [2.45, 2.75) is 4.90 Å². The van der Waals surface area contributed by atoms with Gasteiger partial charge in [-0.2, -0.15) is 4.31 Å². The third kappa shape index (κ3) is 3.24. The van der Waals surface area contributed by atoms with E-state index in [1.165, 1.54) is 19.2 Å². The van der Waals surface area contributed by atoms with Crippen molar-refractivity contribution in [3.63, 3.8) is 0 Å². The predicted octanol–water partition coefficient (Wildman–Crippen LogP) is 0.619. The minimum atomic E-state index is -3.87. The average Bonchev–Trinajstić information content (AvgIpc) is 2.28. The molecule has 94 valence electrons. The van der Waals surface area contributed by atoms with E-state index in [0.29, 0.717) is 0 Å². The molecule has 1 rings (SSSR count). The maximum absolute atomic E-state index is 12.9. The van der Waals surface area contributed by atoms with Crippen LogP contribution in [0.1, 0.15) is 0 Å². The van der Waals surface area contributed by atoms with E-state index in [1.54, 1.807) is 0 Å². The predicted molar refractivity (Wildman–Crippen MR) is 58.2 cm³/mol. The monoisotopic (exact) mass is 261 g/mol. The number of sulfonamides is 1. The van der Waals surface area contributed by atoms with E-state index >= 15 is 0 Å². The molecule has 1 aromatic carbocycles. The van der Waals surface area contributed by atoms with Crippen molar-refractivity contribution in [1.82, 2.24) is 4.31 Å². The third-order valence-corrected chi connectivity index (χ3v) is 3.88. The summed E-state index contributed by atoms with van der Waals surface area (Å²) in [7, 11) is -1.50. The highest BCUT2D eigenvalue weighted by molar-refractivity contribution is 7.89. The summed E-state index contributed by atoms with van der Waals surface area (Å²) in [4.78, 5) is 10.8. The second kappa shape index (κ2) is 5.24. The van der Waals surface area contributed by atoms with Crippen LogP contribution in [0, 0.1) is 5.82 Å². The average molecular weight is 261 g/mol. The van der Waals surface area contributed by atoms with Crippen LogP contribution in [0.2, 0.25) is 0 Å². The summed E-state index contributed by atoms with van der Waals surface area (Å²) in [6.45, 7) is -0.421. The van der Waals surface area contributed by atoms with Gasteiger partial charge in [-0.05, 0) is 18.2 Å². The van der Waals surface area contributed by atoms with Gasteiger partial charge < -0.3 is 4.74 Å². The highest BCUT2D eigenvalue weighted by atomic mass is 32.2. The van der Waals surface area contributed by atoms with Crippen molar-refractivity contribution in [3.05, 3.63) is 30.1 Å². The van der Waals surface area contributed by atoms with Crippen LogP contribution in [0.5, 0.6) is 0 Å². The summed E-state index contributed by atoms with van der Waals surface area (Å²) in [5.74, 6) is -1.34. The summed E-state index contributed by atoms with van der Waals surface area (Å²) in [6, 6.07) is 4.57. The highest BCUT2D eigenvalue weighted by Crippen LogP contribution is 2.14. The van der Waals surface area contributed by atoms with E-state index in [0.717, 1.165) is 23.5 Å². The molecule has 17 heavy (non-hydrogen) atoms. The number of methoxy groups -OCH3 is 1. The zero-order valence-corrected chi connectivity index (χ0v) is 10.2. The fraction of sp³-hybridized carbons (Fsp3) is 0.300. The first-order valence-corrected chi connectivity index (χ1v) is 6.10. The van der Waals surface area contributed by atoms with Gasteiger partial charge in [0.05, 0.1) is 12.0 Å². The Bertz CT molecular complexity index is 515. The zero-order chi connectivity index (χ0) is 13.1. The number of ether oxygens (including phenoxy) is 1. The molecule has 0 atom stereocenters. The minimum Gasteiger partial charge on any atom is -0.468 e.